The largest absolute Gasteiger partial charge is 0.490 e. The summed E-state index contributed by atoms with van der Waals surface area (Å²) >= 11 is 0. The highest BCUT2D eigenvalue weighted by atomic mass is 19.4. The molecule has 0 saturated heterocycles. The quantitative estimate of drug-likeness (QED) is 0.441. The van der Waals surface area contributed by atoms with Crippen LogP contribution in [0.3, 0.4) is 0 Å². The van der Waals surface area contributed by atoms with E-state index in [1.54, 1.807) is 30.3 Å². The molecule has 5 nitrogen and oxygen atoms in total. The number of benzene rings is 2. The number of nitrogens with two attached hydrogens (primary N) is 1. The first-order chi connectivity index (χ1) is 15.9. The van der Waals surface area contributed by atoms with Crippen molar-refractivity contribution in [3.63, 3.8) is 0 Å². The van der Waals surface area contributed by atoms with E-state index in [-0.39, 0.29) is 31.2 Å². The maximum absolute atomic E-state index is 12.9. The van der Waals surface area contributed by atoms with Gasteiger partial charge in [0.15, 0.2) is 0 Å². The number of hydrogen-bond donors (Lipinski definition) is 3. The van der Waals surface area contributed by atoms with Gasteiger partial charge in [0.05, 0.1) is 24.3 Å². The Balaban J connectivity index is 0.000000762. The molecule has 2 rings (SSSR count). The summed E-state index contributed by atoms with van der Waals surface area (Å²) < 4.78 is 114. The highest BCUT2D eigenvalue weighted by Crippen LogP contribution is 2.36. The fourth-order valence-electron chi connectivity index (χ4n) is 2.73. The predicted molar refractivity (Wildman–Crippen MR) is 104 cm³/mol. The summed E-state index contributed by atoms with van der Waals surface area (Å²) in [6, 6.07) is 9.60. The Morgan fingerprint density at radius 3 is 1.66 bits per heavy atom. The van der Waals surface area contributed by atoms with Crippen LogP contribution in [0.1, 0.15) is 28.7 Å². The number of rotatable bonds is 7. The zero-order chi connectivity index (χ0) is 27.1. The Bertz CT molecular complexity index is 928. The van der Waals surface area contributed by atoms with Crippen LogP contribution in [0.15, 0.2) is 48.5 Å². The molecule has 196 valence electrons. The van der Waals surface area contributed by atoms with E-state index in [9.17, 15) is 44.6 Å². The van der Waals surface area contributed by atoms with Gasteiger partial charge in [-0.05, 0) is 42.3 Å². The molecule has 0 aliphatic carbocycles. The van der Waals surface area contributed by atoms with Crippen molar-refractivity contribution in [2.45, 2.75) is 37.2 Å². The molecule has 0 amide bonds. The molecule has 2 aromatic rings. The van der Waals surface area contributed by atoms with Crippen LogP contribution in [-0.2, 0) is 34.1 Å². The van der Waals surface area contributed by atoms with Gasteiger partial charge in [0, 0.05) is 0 Å². The van der Waals surface area contributed by atoms with E-state index < -0.39 is 47.8 Å². The van der Waals surface area contributed by atoms with Gasteiger partial charge in [-0.1, -0.05) is 30.3 Å². The molecule has 0 aromatic heterocycles. The van der Waals surface area contributed by atoms with E-state index in [1.165, 1.54) is 0 Å². The number of carbonyl (C=O) groups is 1. The van der Waals surface area contributed by atoms with Crippen LogP contribution in [0.5, 0.6) is 0 Å². The molecule has 14 heteroatoms. The van der Waals surface area contributed by atoms with Crippen LogP contribution in [0.2, 0.25) is 0 Å². The lowest BCUT2D eigenvalue weighted by Gasteiger charge is -2.28. The van der Waals surface area contributed by atoms with E-state index in [4.69, 9.17) is 20.4 Å². The second-order valence-corrected chi connectivity index (χ2v) is 7.15. The number of halogens is 9. The van der Waals surface area contributed by atoms with E-state index in [0.29, 0.717) is 17.7 Å². The first-order valence-corrected chi connectivity index (χ1v) is 9.54. The van der Waals surface area contributed by atoms with Gasteiger partial charge < -0.3 is 20.7 Å². The van der Waals surface area contributed by atoms with Gasteiger partial charge in [0.1, 0.15) is 5.60 Å². The Morgan fingerprint density at radius 2 is 1.29 bits per heavy atom. The van der Waals surface area contributed by atoms with Crippen molar-refractivity contribution < 1.29 is 59.3 Å². The van der Waals surface area contributed by atoms with Gasteiger partial charge in [-0.25, -0.2) is 4.79 Å². The van der Waals surface area contributed by atoms with Crippen LogP contribution in [-0.4, -0.2) is 35.5 Å². The maximum Gasteiger partial charge on any atom is 0.490 e. The molecule has 0 saturated carbocycles. The molecule has 35 heavy (non-hydrogen) atoms. The Hall–Kier alpha value is -2.84. The van der Waals surface area contributed by atoms with E-state index in [1.807, 2.05) is 0 Å². The molecule has 0 radical (unpaired) electrons. The predicted octanol–water partition coefficient (Wildman–Crippen LogP) is 5.11. The fourth-order valence-corrected chi connectivity index (χ4v) is 2.73. The highest BCUT2D eigenvalue weighted by molar-refractivity contribution is 5.73. The van der Waals surface area contributed by atoms with E-state index >= 15 is 0 Å². The van der Waals surface area contributed by atoms with Gasteiger partial charge in [-0.2, -0.15) is 39.5 Å². The van der Waals surface area contributed by atoms with Crippen molar-refractivity contribution in [1.29, 1.82) is 0 Å². The molecule has 2 aromatic carbocycles. The third kappa shape index (κ3) is 9.74. The van der Waals surface area contributed by atoms with E-state index in [2.05, 4.69) is 0 Å². The summed E-state index contributed by atoms with van der Waals surface area (Å²) in [5, 5.41) is 17.9. The zero-order valence-corrected chi connectivity index (χ0v) is 17.6. The van der Waals surface area contributed by atoms with Crippen LogP contribution in [0.25, 0.3) is 0 Å². The third-order valence-electron chi connectivity index (χ3n) is 4.37. The molecule has 0 bridgehead atoms. The van der Waals surface area contributed by atoms with Gasteiger partial charge >= 0.3 is 24.5 Å². The normalized spacial score (nSPS) is 14.0. The Morgan fingerprint density at radius 1 is 0.829 bits per heavy atom. The summed E-state index contributed by atoms with van der Waals surface area (Å²) in [5.41, 5.74) is 1.35. The SMILES string of the molecule is NCCC(O)(COCc1cc(C(F)(F)F)cc(C(F)(F)F)c1)c1ccccc1.O=C(O)C(F)(F)F. The second-order valence-electron chi connectivity index (χ2n) is 7.15. The number of hydrogen-bond acceptors (Lipinski definition) is 4. The van der Waals surface area contributed by atoms with Crippen LogP contribution >= 0.6 is 0 Å². The average molecular weight is 521 g/mol. The van der Waals surface area contributed by atoms with Crippen LogP contribution in [0, 0.1) is 0 Å². The minimum absolute atomic E-state index is 0.0538. The summed E-state index contributed by atoms with van der Waals surface area (Å²) in [4.78, 5) is 8.90. The highest BCUT2D eigenvalue weighted by Gasteiger charge is 2.38. The van der Waals surface area contributed by atoms with Crippen molar-refractivity contribution in [2.24, 2.45) is 5.73 Å². The van der Waals surface area contributed by atoms with Gasteiger partial charge in [0.25, 0.3) is 0 Å². The molecule has 0 fully saturated rings. The van der Waals surface area contributed by atoms with E-state index in [0.717, 1.165) is 0 Å². The zero-order valence-electron chi connectivity index (χ0n) is 17.6. The summed E-state index contributed by atoms with van der Waals surface area (Å²) in [6.45, 7) is -0.769. The molecule has 0 aliphatic heterocycles. The lowest BCUT2D eigenvalue weighted by molar-refractivity contribution is -0.192. The second kappa shape index (κ2) is 11.7. The topological polar surface area (TPSA) is 92.8 Å². The Labute approximate surface area is 192 Å². The molecular formula is C21H20F9NO4. The van der Waals surface area contributed by atoms with Crippen molar-refractivity contribution >= 4 is 5.97 Å². The lowest BCUT2D eigenvalue weighted by Crippen LogP contribution is -2.34. The number of alkyl halides is 9. The average Bonchev–Trinajstić information content (AvgIpc) is 2.73. The number of aliphatic carboxylic acids is 1. The maximum atomic E-state index is 12.9. The number of ether oxygens (including phenoxy) is 1. The fraction of sp³-hybridized carbons (Fsp3) is 0.381. The minimum atomic E-state index is -5.08. The van der Waals surface area contributed by atoms with Crippen molar-refractivity contribution in [1.82, 2.24) is 0 Å². The molecule has 1 atom stereocenters. The van der Waals surface area contributed by atoms with Crippen LogP contribution < -0.4 is 5.73 Å². The van der Waals surface area contributed by atoms with Crippen LogP contribution in [0.4, 0.5) is 39.5 Å². The minimum Gasteiger partial charge on any atom is -0.475 e. The molecular weight excluding hydrogens is 501 g/mol. The number of carboxylic acids is 1. The summed E-state index contributed by atoms with van der Waals surface area (Å²) in [6.07, 6.45) is -14.8. The molecule has 0 spiro atoms. The summed E-state index contributed by atoms with van der Waals surface area (Å²) in [5.74, 6) is -2.76. The number of aliphatic hydroxyl groups is 1. The van der Waals surface area contributed by atoms with Gasteiger partial charge in [0.2, 0.25) is 0 Å². The lowest BCUT2D eigenvalue weighted by atomic mass is 9.91. The first kappa shape index (κ1) is 30.2. The van der Waals surface area contributed by atoms with Crippen molar-refractivity contribution in [2.75, 3.05) is 13.2 Å². The first-order valence-electron chi connectivity index (χ1n) is 9.54. The standard InChI is InChI=1S/C19H19F6NO2.C2HF3O2/c20-18(21,22)15-8-13(9-16(10-15)19(23,24)25)11-28-12-17(27,6-7-26)14-4-2-1-3-5-14;3-2(4,5)1(6)7/h1-5,8-10,27H,6-7,11-12,26H2;(H,6,7). The third-order valence-corrected chi connectivity index (χ3v) is 4.37. The monoisotopic (exact) mass is 521 g/mol. The Kier molecular flexibility index (Phi) is 10.1. The van der Waals surface area contributed by atoms with Crippen molar-refractivity contribution in [3.8, 4) is 0 Å². The number of carboxylic acid groups (broad SMARTS) is 1. The van der Waals surface area contributed by atoms with Gasteiger partial charge in [-0.3, -0.25) is 0 Å². The van der Waals surface area contributed by atoms with Crippen molar-refractivity contribution in [3.05, 3.63) is 70.8 Å². The van der Waals surface area contributed by atoms with Gasteiger partial charge in [-0.15, -0.1) is 0 Å². The smallest absolute Gasteiger partial charge is 0.475 e. The molecule has 1 unspecified atom stereocenters. The molecule has 4 N–H and O–H groups in total. The summed E-state index contributed by atoms with van der Waals surface area (Å²) in [7, 11) is 0. The molecule has 0 aliphatic rings. The molecule has 0 heterocycles.